The second kappa shape index (κ2) is 6.76. The number of amides is 2. The minimum absolute atomic E-state index is 0.172. The van der Waals surface area contributed by atoms with Crippen molar-refractivity contribution in [1.29, 1.82) is 0 Å². The van der Waals surface area contributed by atoms with E-state index in [0.717, 1.165) is 14.3 Å². The molecule has 8 heteroatoms. The highest BCUT2D eigenvalue weighted by atomic mass is 79.9. The maximum absolute atomic E-state index is 12.6. The normalized spacial score (nSPS) is 17.8. The van der Waals surface area contributed by atoms with Crippen LogP contribution in [0.3, 0.4) is 0 Å². The van der Waals surface area contributed by atoms with Gasteiger partial charge >= 0.3 is 0 Å². The topological polar surface area (TPSA) is 83.6 Å². The highest BCUT2D eigenvalue weighted by molar-refractivity contribution is 9.10. The van der Waals surface area contributed by atoms with Crippen molar-refractivity contribution in [3.05, 3.63) is 58.1 Å². The highest BCUT2D eigenvalue weighted by Crippen LogP contribution is 2.36. The van der Waals surface area contributed by atoms with Crippen LogP contribution in [0.2, 0.25) is 0 Å². The first-order valence-corrected chi connectivity index (χ1v) is 10.7. The van der Waals surface area contributed by atoms with Crippen molar-refractivity contribution in [3.8, 4) is 0 Å². The fourth-order valence-electron chi connectivity index (χ4n) is 3.00. The van der Waals surface area contributed by atoms with Crippen molar-refractivity contribution in [2.24, 2.45) is 5.41 Å². The average molecular weight is 451 g/mol. The smallest absolute Gasteiger partial charge is 0.255 e. The zero-order chi connectivity index (χ0) is 20.0. The molecular weight excluding hydrogens is 432 g/mol. The average Bonchev–Trinajstić information content (AvgIpc) is 2.73. The van der Waals surface area contributed by atoms with Gasteiger partial charge in [0.25, 0.3) is 5.91 Å². The first kappa shape index (κ1) is 19.6. The molecule has 142 valence electrons. The van der Waals surface area contributed by atoms with E-state index in [-0.39, 0.29) is 22.9 Å². The predicted molar refractivity (Wildman–Crippen MR) is 108 cm³/mol. The molecule has 0 atom stereocenters. The molecule has 27 heavy (non-hydrogen) atoms. The van der Waals surface area contributed by atoms with Gasteiger partial charge in [-0.25, -0.2) is 12.7 Å². The lowest BCUT2D eigenvalue weighted by Crippen LogP contribution is -2.33. The number of benzene rings is 2. The van der Waals surface area contributed by atoms with Crippen molar-refractivity contribution < 1.29 is 18.0 Å². The number of halogens is 1. The number of carbonyl (C=O) groups excluding carboxylic acids is 2. The first-order valence-electron chi connectivity index (χ1n) is 8.26. The van der Waals surface area contributed by atoms with E-state index in [2.05, 4.69) is 21.2 Å². The van der Waals surface area contributed by atoms with Gasteiger partial charge in [0, 0.05) is 15.7 Å². The van der Waals surface area contributed by atoms with Crippen LogP contribution in [0, 0.1) is 12.3 Å². The summed E-state index contributed by atoms with van der Waals surface area (Å²) in [5.74, 6) is -1.14. The van der Waals surface area contributed by atoms with Crippen molar-refractivity contribution in [2.75, 3.05) is 15.4 Å². The number of anilines is 2. The molecule has 1 aliphatic rings. The lowest BCUT2D eigenvalue weighted by Gasteiger charge is -2.18. The van der Waals surface area contributed by atoms with Gasteiger partial charge in [-0.3, -0.25) is 9.59 Å². The Balaban J connectivity index is 1.92. The minimum atomic E-state index is -3.76. The van der Waals surface area contributed by atoms with Crippen molar-refractivity contribution >= 4 is 49.1 Å². The van der Waals surface area contributed by atoms with Gasteiger partial charge in [-0.2, -0.15) is 0 Å². The van der Waals surface area contributed by atoms with Crippen LogP contribution in [-0.2, 0) is 14.8 Å². The van der Waals surface area contributed by atoms with Crippen LogP contribution in [-0.4, -0.2) is 26.0 Å². The Morgan fingerprint density at radius 2 is 1.89 bits per heavy atom. The summed E-state index contributed by atoms with van der Waals surface area (Å²) in [7, 11) is -3.76. The number of aryl methyl sites for hydroxylation is 1. The zero-order valence-corrected chi connectivity index (χ0v) is 17.5. The Morgan fingerprint density at radius 3 is 2.48 bits per heavy atom. The van der Waals surface area contributed by atoms with Gasteiger partial charge in [0.2, 0.25) is 15.9 Å². The van der Waals surface area contributed by atoms with Crippen LogP contribution < -0.4 is 9.62 Å². The number of sulfonamides is 1. The molecule has 1 N–H and O–H groups in total. The highest BCUT2D eigenvalue weighted by Gasteiger charge is 2.49. The fraction of sp³-hybridized carbons (Fsp3) is 0.263. The minimum Gasteiger partial charge on any atom is -0.322 e. The SMILES string of the molecule is Cc1cc(Br)ccc1NC(=O)c1cccc(N2C(=O)C(C)(C)CS2(=O)=O)c1. The zero-order valence-electron chi connectivity index (χ0n) is 15.1. The molecule has 0 radical (unpaired) electrons. The summed E-state index contributed by atoms with van der Waals surface area (Å²) < 4.78 is 26.6. The lowest BCUT2D eigenvalue weighted by molar-refractivity contribution is -0.123. The number of nitrogens with zero attached hydrogens (tertiary/aromatic N) is 1. The van der Waals surface area contributed by atoms with E-state index in [1.807, 2.05) is 19.1 Å². The van der Waals surface area contributed by atoms with Gasteiger partial charge in [0.1, 0.15) is 0 Å². The van der Waals surface area contributed by atoms with Crippen LogP contribution >= 0.6 is 15.9 Å². The van der Waals surface area contributed by atoms with Crippen LogP contribution in [0.4, 0.5) is 11.4 Å². The Kier molecular flexibility index (Phi) is 4.90. The van der Waals surface area contributed by atoms with E-state index in [9.17, 15) is 18.0 Å². The molecule has 0 aliphatic carbocycles. The maximum atomic E-state index is 12.6. The number of nitrogens with one attached hydrogen (secondary N) is 1. The van der Waals surface area contributed by atoms with Gasteiger partial charge in [0.05, 0.1) is 16.9 Å². The van der Waals surface area contributed by atoms with E-state index >= 15 is 0 Å². The molecule has 3 rings (SSSR count). The molecule has 1 fully saturated rings. The molecule has 1 heterocycles. The fourth-order valence-corrected chi connectivity index (χ4v) is 5.57. The molecule has 2 aromatic rings. The standard InChI is InChI=1S/C19H19BrN2O4S/c1-12-9-14(20)7-8-16(12)21-17(23)13-5-4-6-15(10-13)22-18(24)19(2,3)11-27(22,25)26/h4-10H,11H2,1-3H3,(H,21,23). The summed E-state index contributed by atoms with van der Waals surface area (Å²) in [4.78, 5) is 25.1. The van der Waals surface area contributed by atoms with Gasteiger partial charge in [-0.15, -0.1) is 0 Å². The molecule has 0 aromatic heterocycles. The quantitative estimate of drug-likeness (QED) is 0.771. The van der Waals surface area contributed by atoms with Crippen molar-refractivity contribution in [1.82, 2.24) is 0 Å². The third kappa shape index (κ3) is 3.77. The Morgan fingerprint density at radius 1 is 1.19 bits per heavy atom. The molecule has 0 spiro atoms. The Labute approximate surface area is 166 Å². The van der Waals surface area contributed by atoms with Gasteiger partial charge < -0.3 is 5.32 Å². The van der Waals surface area contributed by atoms with Gasteiger partial charge in [0.15, 0.2) is 0 Å². The molecule has 6 nitrogen and oxygen atoms in total. The molecule has 2 amide bonds. The van der Waals surface area contributed by atoms with Crippen LogP contribution in [0.25, 0.3) is 0 Å². The first-order chi connectivity index (χ1) is 12.5. The van der Waals surface area contributed by atoms with Crippen LogP contribution in [0.1, 0.15) is 29.8 Å². The Hall–Kier alpha value is -2.19. The second-order valence-corrected chi connectivity index (χ2v) is 9.91. The summed E-state index contributed by atoms with van der Waals surface area (Å²) in [6.07, 6.45) is 0. The van der Waals surface area contributed by atoms with Crippen molar-refractivity contribution in [2.45, 2.75) is 20.8 Å². The number of carbonyl (C=O) groups is 2. The van der Waals surface area contributed by atoms with Crippen LogP contribution in [0.15, 0.2) is 46.9 Å². The summed E-state index contributed by atoms with van der Waals surface area (Å²) in [5, 5.41) is 2.81. The molecule has 1 aliphatic heterocycles. The molecule has 0 unspecified atom stereocenters. The Bertz CT molecular complexity index is 1050. The van der Waals surface area contributed by atoms with Crippen LogP contribution in [0.5, 0.6) is 0 Å². The molecular formula is C19H19BrN2O4S. The third-order valence-electron chi connectivity index (χ3n) is 4.36. The largest absolute Gasteiger partial charge is 0.322 e. The second-order valence-electron chi connectivity index (χ2n) is 7.17. The molecule has 0 bridgehead atoms. The monoisotopic (exact) mass is 450 g/mol. The number of hydrogen-bond acceptors (Lipinski definition) is 4. The summed E-state index contributed by atoms with van der Waals surface area (Å²) in [6, 6.07) is 11.5. The van der Waals surface area contributed by atoms with Gasteiger partial charge in [-0.05, 0) is 62.7 Å². The maximum Gasteiger partial charge on any atom is 0.255 e. The summed E-state index contributed by atoms with van der Waals surface area (Å²) in [5.41, 5.74) is 0.979. The summed E-state index contributed by atoms with van der Waals surface area (Å²) in [6.45, 7) is 5.06. The third-order valence-corrected chi connectivity index (χ3v) is 6.88. The molecule has 2 aromatic carbocycles. The van der Waals surface area contributed by atoms with E-state index in [0.29, 0.717) is 5.69 Å². The van der Waals surface area contributed by atoms with Crippen molar-refractivity contribution in [3.63, 3.8) is 0 Å². The summed E-state index contributed by atoms with van der Waals surface area (Å²) >= 11 is 3.37. The predicted octanol–water partition coefficient (Wildman–Crippen LogP) is 3.71. The lowest BCUT2D eigenvalue weighted by atomic mass is 9.95. The molecule has 1 saturated heterocycles. The van der Waals surface area contributed by atoms with E-state index < -0.39 is 21.3 Å². The van der Waals surface area contributed by atoms with Gasteiger partial charge in [-0.1, -0.05) is 22.0 Å². The van der Waals surface area contributed by atoms with E-state index in [4.69, 9.17) is 0 Å². The van der Waals surface area contributed by atoms with E-state index in [1.54, 1.807) is 32.0 Å². The number of rotatable bonds is 3. The van der Waals surface area contributed by atoms with E-state index in [1.165, 1.54) is 12.1 Å². The molecule has 0 saturated carbocycles. The number of hydrogen-bond donors (Lipinski definition) is 1.